The number of hydrogen-bond donors (Lipinski definition) is 3. The molecule has 0 saturated carbocycles. The van der Waals surface area contributed by atoms with Gasteiger partial charge in [-0.15, -0.1) is 0 Å². The second-order valence-corrected chi connectivity index (χ2v) is 8.61. The standard InChI is InChI=1S/C24H19F6N5O5/c25-23(26,27)15-8-16-18(35(20(37)19(36)32-16)33-21(38)24(28,29)30)9-17(15)34-7-6-14(11-34)10-31-22(39)40-12-13-4-2-1-3-5-13/h1-7,9,11,15H,8,10,12H2,(H,31,39)(H,32,36)(H,33,38). The lowest BCUT2D eigenvalue weighted by molar-refractivity contribution is -0.168. The summed E-state index contributed by atoms with van der Waals surface area (Å²) in [5.74, 6) is -4.85. The van der Waals surface area contributed by atoms with Crippen LogP contribution >= 0.6 is 0 Å². The summed E-state index contributed by atoms with van der Waals surface area (Å²) >= 11 is 0. The topological polar surface area (TPSA) is 127 Å². The Kier molecular flexibility index (Phi) is 7.61. The molecule has 3 aromatic rings. The van der Waals surface area contributed by atoms with Crippen LogP contribution in [0.4, 0.5) is 31.1 Å². The van der Waals surface area contributed by atoms with E-state index in [4.69, 9.17) is 4.74 Å². The maximum absolute atomic E-state index is 14.0. The number of ether oxygens (including phenoxy) is 1. The lowest BCUT2D eigenvalue weighted by atomic mass is 9.91. The largest absolute Gasteiger partial charge is 0.472 e. The van der Waals surface area contributed by atoms with Crippen molar-refractivity contribution in [3.8, 4) is 0 Å². The number of nitrogens with zero attached hydrogens (tertiary/aromatic N) is 2. The van der Waals surface area contributed by atoms with Gasteiger partial charge in [-0.25, -0.2) is 9.47 Å². The Morgan fingerprint density at radius 2 is 1.73 bits per heavy atom. The average molecular weight is 571 g/mol. The van der Waals surface area contributed by atoms with Crippen molar-refractivity contribution < 1.29 is 40.7 Å². The summed E-state index contributed by atoms with van der Waals surface area (Å²) in [5, 5.41) is 2.45. The quantitative estimate of drug-likeness (QED) is 0.310. The monoisotopic (exact) mass is 571 g/mol. The third-order valence-electron chi connectivity index (χ3n) is 5.83. The van der Waals surface area contributed by atoms with Crippen LogP contribution in [0.5, 0.6) is 0 Å². The minimum Gasteiger partial charge on any atom is -0.445 e. The van der Waals surface area contributed by atoms with Gasteiger partial charge in [-0.05, 0) is 23.3 Å². The van der Waals surface area contributed by atoms with Crippen molar-refractivity contribution in [3.05, 3.63) is 92.0 Å². The number of fused-ring (bicyclic) bond motifs is 1. The highest BCUT2D eigenvalue weighted by molar-refractivity contribution is 5.89. The molecule has 40 heavy (non-hydrogen) atoms. The third kappa shape index (κ3) is 6.27. The third-order valence-corrected chi connectivity index (χ3v) is 5.83. The number of nitrogens with one attached hydrogen (secondary N) is 3. The second-order valence-electron chi connectivity index (χ2n) is 8.61. The predicted molar refractivity (Wildman–Crippen MR) is 127 cm³/mol. The number of hydrogen-bond acceptors (Lipinski definition) is 5. The van der Waals surface area contributed by atoms with Crippen LogP contribution in [0.2, 0.25) is 0 Å². The Labute approximate surface area is 219 Å². The molecule has 212 valence electrons. The number of benzene rings is 1. The molecule has 1 aromatic carbocycles. The van der Waals surface area contributed by atoms with E-state index in [0.29, 0.717) is 5.56 Å². The van der Waals surface area contributed by atoms with Gasteiger partial charge in [0, 0.05) is 36.8 Å². The summed E-state index contributed by atoms with van der Waals surface area (Å²) in [6, 6.07) is 10.2. The molecule has 0 spiro atoms. The molecule has 2 aromatic heterocycles. The molecule has 0 radical (unpaired) electrons. The van der Waals surface area contributed by atoms with Gasteiger partial charge in [-0.3, -0.25) is 19.8 Å². The molecule has 0 saturated heterocycles. The summed E-state index contributed by atoms with van der Waals surface area (Å²) in [6.07, 6.45) is -8.87. The van der Waals surface area contributed by atoms with Crippen molar-refractivity contribution in [2.24, 2.45) is 5.92 Å². The van der Waals surface area contributed by atoms with Crippen molar-refractivity contribution in [1.82, 2.24) is 19.5 Å². The number of halogens is 6. The Morgan fingerprint density at radius 1 is 1.02 bits per heavy atom. The molecule has 4 rings (SSSR count). The van der Waals surface area contributed by atoms with Gasteiger partial charge in [0.15, 0.2) is 0 Å². The fourth-order valence-electron chi connectivity index (χ4n) is 3.93. The van der Waals surface area contributed by atoms with Crippen LogP contribution in [-0.4, -0.2) is 38.6 Å². The number of alkyl halides is 6. The SMILES string of the molecule is O=C(NCc1ccn(C2=Cc3c([nH]c(=O)c(=O)n3NC(=O)C(F)(F)F)CC2C(F)(F)F)c1)OCc1ccccc1. The van der Waals surface area contributed by atoms with E-state index in [1.165, 1.54) is 23.9 Å². The fraction of sp³-hybridized carbons (Fsp3) is 0.250. The highest BCUT2D eigenvalue weighted by Gasteiger charge is 2.46. The molecule has 2 amide bonds. The molecule has 0 bridgehead atoms. The first-order valence-corrected chi connectivity index (χ1v) is 11.4. The number of aromatic nitrogens is 3. The molecule has 1 aliphatic rings. The zero-order chi connectivity index (χ0) is 29.2. The maximum atomic E-state index is 14.0. The summed E-state index contributed by atoms with van der Waals surface area (Å²) in [5.41, 5.74) is -2.44. The molecule has 16 heteroatoms. The molecular formula is C24H19F6N5O5. The lowest BCUT2D eigenvalue weighted by Gasteiger charge is -2.29. The van der Waals surface area contributed by atoms with Gasteiger partial charge in [-0.2, -0.15) is 26.3 Å². The summed E-state index contributed by atoms with van der Waals surface area (Å²) < 4.78 is 86.5. The van der Waals surface area contributed by atoms with Crippen molar-refractivity contribution in [3.63, 3.8) is 0 Å². The number of amides is 2. The number of H-pyrrole nitrogens is 1. The van der Waals surface area contributed by atoms with Gasteiger partial charge in [0.1, 0.15) is 12.5 Å². The highest BCUT2D eigenvalue weighted by atomic mass is 19.4. The Balaban J connectivity index is 1.61. The number of aromatic amines is 1. The Bertz CT molecular complexity index is 1570. The zero-order valence-electron chi connectivity index (χ0n) is 20.1. The molecule has 2 heterocycles. The van der Waals surface area contributed by atoms with Crippen molar-refractivity contribution in [1.29, 1.82) is 0 Å². The molecule has 0 aliphatic heterocycles. The fourth-order valence-corrected chi connectivity index (χ4v) is 3.93. The normalized spacial score (nSPS) is 15.2. The van der Waals surface area contributed by atoms with Crippen molar-refractivity contribution >= 4 is 23.8 Å². The lowest BCUT2D eigenvalue weighted by Crippen LogP contribution is -2.48. The van der Waals surface area contributed by atoms with Crippen molar-refractivity contribution in [2.75, 3.05) is 5.43 Å². The first-order chi connectivity index (χ1) is 18.7. The number of allylic oxidation sites excluding steroid dienone is 1. The summed E-state index contributed by atoms with van der Waals surface area (Å²) in [7, 11) is 0. The molecule has 0 fully saturated rings. The van der Waals surface area contributed by atoms with Crippen LogP contribution in [0.1, 0.15) is 22.5 Å². The first kappa shape index (κ1) is 28.3. The van der Waals surface area contributed by atoms with E-state index < -0.39 is 64.9 Å². The molecule has 1 atom stereocenters. The first-order valence-electron chi connectivity index (χ1n) is 11.4. The average Bonchev–Trinajstić information content (AvgIpc) is 3.36. The molecular weight excluding hydrogens is 552 g/mol. The van der Waals surface area contributed by atoms with Crippen LogP contribution in [0, 0.1) is 5.92 Å². The summed E-state index contributed by atoms with van der Waals surface area (Å²) in [6.45, 7) is -0.150. The van der Waals surface area contributed by atoms with Gasteiger partial charge in [0.25, 0.3) is 0 Å². The molecule has 3 N–H and O–H groups in total. The number of carbonyl (C=O) groups is 2. The van der Waals surface area contributed by atoms with Crippen LogP contribution in [0.3, 0.4) is 0 Å². The van der Waals surface area contributed by atoms with E-state index in [2.05, 4.69) is 5.32 Å². The second kappa shape index (κ2) is 10.8. The zero-order valence-corrected chi connectivity index (χ0v) is 20.1. The van der Waals surface area contributed by atoms with Crippen LogP contribution in [0.15, 0.2) is 58.4 Å². The minimum atomic E-state index is -5.45. The number of rotatable bonds is 6. The molecule has 1 aliphatic carbocycles. The minimum absolute atomic E-state index is 0.0120. The molecule has 10 nitrogen and oxygen atoms in total. The van der Waals surface area contributed by atoms with Crippen molar-refractivity contribution in [2.45, 2.75) is 31.9 Å². The maximum Gasteiger partial charge on any atom is 0.472 e. The van der Waals surface area contributed by atoms with E-state index >= 15 is 0 Å². The van der Waals surface area contributed by atoms with E-state index in [9.17, 15) is 45.5 Å². The van der Waals surface area contributed by atoms with Gasteiger partial charge in [-0.1, -0.05) is 30.3 Å². The Hall–Kier alpha value is -4.76. The smallest absolute Gasteiger partial charge is 0.445 e. The van der Waals surface area contributed by atoms with Crippen LogP contribution in [0.25, 0.3) is 11.8 Å². The van der Waals surface area contributed by atoms with E-state index in [1.54, 1.807) is 30.3 Å². The predicted octanol–water partition coefficient (Wildman–Crippen LogP) is 3.13. The summed E-state index contributed by atoms with van der Waals surface area (Å²) in [4.78, 5) is 49.6. The van der Waals surface area contributed by atoms with Crippen LogP contribution < -0.4 is 21.9 Å². The highest BCUT2D eigenvalue weighted by Crippen LogP contribution is 2.41. The van der Waals surface area contributed by atoms with Gasteiger partial charge >= 0.3 is 35.5 Å². The van der Waals surface area contributed by atoms with Gasteiger partial charge in [0.05, 0.1) is 5.69 Å². The number of alkyl carbamates (subject to hydrolysis) is 1. The Morgan fingerprint density at radius 3 is 2.38 bits per heavy atom. The number of carbonyl (C=O) groups excluding carboxylic acids is 2. The van der Waals surface area contributed by atoms with E-state index in [0.717, 1.165) is 16.2 Å². The molecule has 1 unspecified atom stereocenters. The van der Waals surface area contributed by atoms with E-state index in [-0.39, 0.29) is 17.8 Å². The van der Waals surface area contributed by atoms with Gasteiger partial charge < -0.3 is 19.6 Å². The van der Waals surface area contributed by atoms with Gasteiger partial charge in [0.2, 0.25) is 0 Å². The van der Waals surface area contributed by atoms with E-state index in [1.807, 2.05) is 4.98 Å². The van der Waals surface area contributed by atoms with Crippen LogP contribution in [-0.2, 0) is 29.1 Å².